The molecule has 0 radical (unpaired) electrons. The third kappa shape index (κ3) is 2.41. The molecule has 0 unspecified atom stereocenters. The fraction of sp³-hybridized carbons (Fsp3) is 0.286. The van der Waals surface area contributed by atoms with Crippen LogP contribution in [0.2, 0.25) is 5.02 Å². The number of hydrogen-bond donors (Lipinski definition) is 0. The molecule has 3 aromatic rings. The van der Waals surface area contributed by atoms with E-state index < -0.39 is 0 Å². The Morgan fingerprint density at radius 3 is 2.80 bits per heavy atom. The maximum absolute atomic E-state index is 6.10. The summed E-state index contributed by atoms with van der Waals surface area (Å²) in [6.45, 7) is 0.659. The molecule has 2 aromatic heterocycles. The molecule has 0 saturated carbocycles. The summed E-state index contributed by atoms with van der Waals surface area (Å²) >= 11 is 12.0. The van der Waals surface area contributed by atoms with Gasteiger partial charge in [0.1, 0.15) is 11.6 Å². The fourth-order valence-corrected chi connectivity index (χ4v) is 2.62. The summed E-state index contributed by atoms with van der Waals surface area (Å²) in [6.07, 6.45) is 4.45. The molecule has 1 aromatic carbocycles. The number of rotatable bonds is 4. The van der Waals surface area contributed by atoms with Gasteiger partial charge in [0.15, 0.2) is 0 Å². The van der Waals surface area contributed by atoms with Crippen molar-refractivity contribution in [1.29, 1.82) is 0 Å². The highest BCUT2D eigenvalue weighted by Crippen LogP contribution is 2.22. The van der Waals surface area contributed by atoms with E-state index in [1.54, 1.807) is 6.20 Å². The van der Waals surface area contributed by atoms with Gasteiger partial charge in [0.2, 0.25) is 0 Å². The number of fused-ring (bicyclic) bond motifs is 1. The van der Waals surface area contributed by atoms with E-state index in [9.17, 15) is 0 Å². The summed E-state index contributed by atoms with van der Waals surface area (Å²) in [5.74, 6) is 2.47. The third-order valence-corrected chi connectivity index (χ3v) is 3.75. The first-order valence-electron chi connectivity index (χ1n) is 6.36. The first kappa shape index (κ1) is 13.5. The van der Waals surface area contributed by atoms with Gasteiger partial charge in [-0.05, 0) is 18.2 Å². The minimum absolute atomic E-state index is 0.539. The summed E-state index contributed by atoms with van der Waals surface area (Å²) in [5.41, 5.74) is 1.95. The van der Waals surface area contributed by atoms with Crippen LogP contribution in [0.25, 0.3) is 11.0 Å². The molecule has 0 aliphatic rings. The van der Waals surface area contributed by atoms with Crippen molar-refractivity contribution in [2.24, 2.45) is 7.05 Å². The van der Waals surface area contributed by atoms with Gasteiger partial charge in [0.25, 0.3) is 0 Å². The topological polar surface area (TPSA) is 35.6 Å². The van der Waals surface area contributed by atoms with Gasteiger partial charge in [0.05, 0.1) is 17.6 Å². The van der Waals surface area contributed by atoms with Crippen LogP contribution in [0.15, 0.2) is 30.6 Å². The summed E-state index contributed by atoms with van der Waals surface area (Å²) in [4.78, 5) is 9.01. The Hall–Kier alpha value is -1.52. The van der Waals surface area contributed by atoms with Crippen molar-refractivity contribution >= 4 is 34.2 Å². The number of benzene rings is 1. The summed E-state index contributed by atoms with van der Waals surface area (Å²) < 4.78 is 4.13. The molecular formula is C14H14Cl2N4. The van der Waals surface area contributed by atoms with Crippen LogP contribution >= 0.6 is 23.2 Å². The van der Waals surface area contributed by atoms with E-state index in [2.05, 4.69) is 14.5 Å². The van der Waals surface area contributed by atoms with Crippen molar-refractivity contribution in [3.05, 3.63) is 47.3 Å². The molecule has 0 amide bonds. The third-order valence-electron chi connectivity index (χ3n) is 3.33. The van der Waals surface area contributed by atoms with E-state index in [1.807, 2.05) is 36.0 Å². The molecule has 0 saturated heterocycles. The quantitative estimate of drug-likeness (QED) is 0.694. The molecule has 0 atom stereocenters. The molecule has 104 valence electrons. The van der Waals surface area contributed by atoms with Gasteiger partial charge in [-0.3, -0.25) is 0 Å². The number of alkyl halides is 1. The summed E-state index contributed by atoms with van der Waals surface area (Å²) in [7, 11) is 1.98. The van der Waals surface area contributed by atoms with Gasteiger partial charge in [-0.25, -0.2) is 9.97 Å². The number of nitrogens with zero attached hydrogens (tertiary/aromatic N) is 4. The first-order valence-corrected chi connectivity index (χ1v) is 7.27. The molecule has 0 bridgehead atoms. The van der Waals surface area contributed by atoms with Crippen LogP contribution in [0, 0.1) is 0 Å². The zero-order valence-electron chi connectivity index (χ0n) is 11.1. The fourth-order valence-electron chi connectivity index (χ4n) is 2.29. The lowest BCUT2D eigenvalue weighted by Crippen LogP contribution is -2.09. The van der Waals surface area contributed by atoms with Crippen LogP contribution in [0.5, 0.6) is 0 Å². The van der Waals surface area contributed by atoms with Crippen LogP contribution < -0.4 is 0 Å². The molecule has 0 fully saturated rings. The predicted octanol–water partition coefficient (Wildman–Crippen LogP) is 3.25. The van der Waals surface area contributed by atoms with Crippen molar-refractivity contribution in [1.82, 2.24) is 19.1 Å². The Balaban J connectivity index is 2.12. The van der Waals surface area contributed by atoms with Crippen molar-refractivity contribution in [2.45, 2.75) is 13.0 Å². The van der Waals surface area contributed by atoms with E-state index >= 15 is 0 Å². The number of imidazole rings is 2. The van der Waals surface area contributed by atoms with Crippen LogP contribution in [-0.2, 0) is 20.0 Å². The smallest absolute Gasteiger partial charge is 0.128 e. The highest BCUT2D eigenvalue weighted by atomic mass is 35.5. The molecular weight excluding hydrogens is 295 g/mol. The minimum atomic E-state index is 0.539. The van der Waals surface area contributed by atoms with Crippen molar-refractivity contribution in [2.75, 3.05) is 5.88 Å². The Kier molecular flexibility index (Phi) is 3.68. The zero-order chi connectivity index (χ0) is 14.1. The van der Waals surface area contributed by atoms with E-state index in [0.717, 1.165) is 29.1 Å². The van der Waals surface area contributed by atoms with Gasteiger partial charge < -0.3 is 9.13 Å². The zero-order valence-corrected chi connectivity index (χ0v) is 12.6. The number of hydrogen-bond acceptors (Lipinski definition) is 2. The second kappa shape index (κ2) is 5.46. The van der Waals surface area contributed by atoms with Gasteiger partial charge >= 0.3 is 0 Å². The highest BCUT2D eigenvalue weighted by molar-refractivity contribution is 6.31. The monoisotopic (exact) mass is 308 g/mol. The van der Waals surface area contributed by atoms with E-state index in [0.29, 0.717) is 17.4 Å². The Morgan fingerprint density at radius 2 is 2.10 bits per heavy atom. The summed E-state index contributed by atoms with van der Waals surface area (Å²) in [5, 5.41) is 0.705. The van der Waals surface area contributed by atoms with E-state index in [4.69, 9.17) is 23.2 Å². The van der Waals surface area contributed by atoms with Crippen molar-refractivity contribution in [3.8, 4) is 0 Å². The Morgan fingerprint density at radius 1 is 1.25 bits per heavy atom. The van der Waals surface area contributed by atoms with Gasteiger partial charge in [-0.1, -0.05) is 11.6 Å². The van der Waals surface area contributed by atoms with Crippen molar-refractivity contribution in [3.63, 3.8) is 0 Å². The lowest BCUT2D eigenvalue weighted by Gasteiger charge is -2.08. The molecule has 0 N–H and O–H groups in total. The van der Waals surface area contributed by atoms with E-state index in [-0.39, 0.29) is 0 Å². The average Bonchev–Trinajstić information content (AvgIpc) is 2.96. The first-order chi connectivity index (χ1) is 9.69. The molecule has 20 heavy (non-hydrogen) atoms. The second-order valence-electron chi connectivity index (χ2n) is 4.64. The van der Waals surface area contributed by atoms with Gasteiger partial charge in [0, 0.05) is 36.8 Å². The second-order valence-corrected chi connectivity index (χ2v) is 5.45. The number of aromatic nitrogens is 4. The molecule has 3 rings (SSSR count). The van der Waals surface area contributed by atoms with Gasteiger partial charge in [-0.15, -0.1) is 11.6 Å². The maximum Gasteiger partial charge on any atom is 0.128 e. The Bertz CT molecular complexity index is 745. The number of aryl methyl sites for hydroxylation is 2. The van der Waals surface area contributed by atoms with Crippen LogP contribution in [0.1, 0.15) is 11.6 Å². The molecule has 0 spiro atoms. The van der Waals surface area contributed by atoms with E-state index in [1.165, 1.54) is 0 Å². The highest BCUT2D eigenvalue weighted by Gasteiger charge is 2.12. The maximum atomic E-state index is 6.10. The average molecular weight is 309 g/mol. The minimum Gasteiger partial charge on any atom is -0.337 e. The normalized spacial score (nSPS) is 11.3. The van der Waals surface area contributed by atoms with Crippen molar-refractivity contribution < 1.29 is 0 Å². The Labute approximate surface area is 127 Å². The molecule has 0 aliphatic carbocycles. The standard InChI is InChI=1S/C14H14Cl2N4/c1-19-7-6-17-14(19)9-20-12-8-10(16)2-3-11(12)18-13(20)4-5-15/h2-3,6-8H,4-5,9H2,1H3. The van der Waals surface area contributed by atoms with Gasteiger partial charge in [-0.2, -0.15) is 0 Å². The van der Waals surface area contributed by atoms with Crippen LogP contribution in [0.4, 0.5) is 0 Å². The molecule has 0 aliphatic heterocycles. The lowest BCUT2D eigenvalue weighted by molar-refractivity contribution is 0.682. The molecule has 2 heterocycles. The molecule has 6 heteroatoms. The largest absolute Gasteiger partial charge is 0.337 e. The SMILES string of the molecule is Cn1ccnc1Cn1c(CCCl)nc2ccc(Cl)cc21. The predicted molar refractivity (Wildman–Crippen MR) is 81.5 cm³/mol. The number of halogens is 2. The lowest BCUT2D eigenvalue weighted by atomic mass is 10.3. The molecule has 4 nitrogen and oxygen atoms in total. The summed E-state index contributed by atoms with van der Waals surface area (Å²) in [6, 6.07) is 5.72. The van der Waals surface area contributed by atoms with Crippen LogP contribution in [0.3, 0.4) is 0 Å². The van der Waals surface area contributed by atoms with Crippen LogP contribution in [-0.4, -0.2) is 25.0 Å².